The van der Waals surface area contributed by atoms with Crippen LogP contribution in [0.5, 0.6) is 11.6 Å². The molecule has 0 saturated heterocycles. The molecule has 0 radical (unpaired) electrons. The second-order valence-corrected chi connectivity index (χ2v) is 5.40. The molecule has 0 unspecified atom stereocenters. The molecule has 3 nitrogen and oxygen atoms in total. The van der Waals surface area contributed by atoms with Gasteiger partial charge in [-0.1, -0.05) is 26.0 Å². The molecule has 1 heterocycles. The fourth-order valence-electron chi connectivity index (χ4n) is 2.28. The summed E-state index contributed by atoms with van der Waals surface area (Å²) in [6.45, 7) is 8.86. The zero-order valence-corrected chi connectivity index (χ0v) is 12.6. The van der Waals surface area contributed by atoms with Gasteiger partial charge in [0.15, 0.2) is 0 Å². The largest absolute Gasteiger partial charge is 0.439 e. The molecule has 2 aromatic rings. The van der Waals surface area contributed by atoms with Crippen molar-refractivity contribution in [1.82, 2.24) is 4.98 Å². The van der Waals surface area contributed by atoms with E-state index in [4.69, 9.17) is 10.5 Å². The number of pyridine rings is 1. The van der Waals surface area contributed by atoms with Crippen LogP contribution in [-0.4, -0.2) is 4.98 Å². The summed E-state index contributed by atoms with van der Waals surface area (Å²) in [6.07, 6.45) is 0. The van der Waals surface area contributed by atoms with Crippen LogP contribution in [0.2, 0.25) is 0 Å². The van der Waals surface area contributed by atoms with Crippen LogP contribution >= 0.6 is 0 Å². The highest BCUT2D eigenvalue weighted by Crippen LogP contribution is 2.28. The van der Waals surface area contributed by atoms with Crippen LogP contribution in [0.3, 0.4) is 0 Å². The van der Waals surface area contributed by atoms with E-state index in [2.05, 4.69) is 37.9 Å². The van der Waals surface area contributed by atoms with Gasteiger partial charge < -0.3 is 10.5 Å². The SMILES string of the molecule is Cc1ccc(CN)c(Oc2ccc(C(C)C)c(C)c2)n1. The van der Waals surface area contributed by atoms with Crippen molar-refractivity contribution in [2.45, 2.75) is 40.2 Å². The first-order chi connectivity index (χ1) is 9.51. The molecule has 0 fully saturated rings. The lowest BCUT2D eigenvalue weighted by atomic mass is 9.98. The van der Waals surface area contributed by atoms with Gasteiger partial charge >= 0.3 is 0 Å². The van der Waals surface area contributed by atoms with Crippen LogP contribution in [0, 0.1) is 13.8 Å². The minimum atomic E-state index is 0.422. The first kappa shape index (κ1) is 14.5. The van der Waals surface area contributed by atoms with Gasteiger partial charge in [0.1, 0.15) is 5.75 Å². The van der Waals surface area contributed by atoms with Gasteiger partial charge in [0.25, 0.3) is 0 Å². The minimum Gasteiger partial charge on any atom is -0.439 e. The maximum absolute atomic E-state index is 5.91. The van der Waals surface area contributed by atoms with Gasteiger partial charge in [-0.25, -0.2) is 4.98 Å². The Morgan fingerprint density at radius 1 is 1.15 bits per heavy atom. The van der Waals surface area contributed by atoms with Crippen molar-refractivity contribution in [2.75, 3.05) is 0 Å². The summed E-state index contributed by atoms with van der Waals surface area (Å²) in [5.74, 6) is 1.92. The standard InChI is InChI=1S/C17H22N2O/c1-11(2)16-8-7-15(9-12(16)3)20-17-14(10-18)6-5-13(4)19-17/h5-9,11H,10,18H2,1-4H3. The Morgan fingerprint density at radius 3 is 2.50 bits per heavy atom. The van der Waals surface area contributed by atoms with Crippen LogP contribution < -0.4 is 10.5 Å². The molecule has 0 aliphatic rings. The van der Waals surface area contributed by atoms with E-state index in [1.165, 1.54) is 11.1 Å². The lowest BCUT2D eigenvalue weighted by molar-refractivity contribution is 0.454. The zero-order valence-electron chi connectivity index (χ0n) is 12.6. The van der Waals surface area contributed by atoms with Crippen LogP contribution in [0.15, 0.2) is 30.3 Å². The number of rotatable bonds is 4. The van der Waals surface area contributed by atoms with E-state index in [0.29, 0.717) is 18.3 Å². The average molecular weight is 270 g/mol. The Labute approximate surface area is 120 Å². The normalized spacial score (nSPS) is 10.9. The predicted octanol–water partition coefficient (Wildman–Crippen LogP) is 4.07. The molecule has 106 valence electrons. The van der Waals surface area contributed by atoms with Gasteiger partial charge in [-0.05, 0) is 49.1 Å². The molecule has 0 amide bonds. The maximum Gasteiger partial charge on any atom is 0.223 e. The fraction of sp³-hybridized carbons (Fsp3) is 0.353. The summed E-state index contributed by atoms with van der Waals surface area (Å²) in [5, 5.41) is 0. The van der Waals surface area contributed by atoms with Gasteiger partial charge in [0, 0.05) is 17.8 Å². The Hall–Kier alpha value is -1.87. The molecule has 0 bridgehead atoms. The van der Waals surface area contributed by atoms with E-state index >= 15 is 0 Å². The van der Waals surface area contributed by atoms with Crippen LogP contribution in [0.25, 0.3) is 0 Å². The van der Waals surface area contributed by atoms with Gasteiger partial charge in [0.2, 0.25) is 5.88 Å². The molecular formula is C17H22N2O. The molecule has 0 spiro atoms. The molecule has 1 aromatic heterocycles. The van der Waals surface area contributed by atoms with Crippen molar-refractivity contribution in [1.29, 1.82) is 0 Å². The van der Waals surface area contributed by atoms with E-state index in [0.717, 1.165) is 17.0 Å². The van der Waals surface area contributed by atoms with Crippen molar-refractivity contribution >= 4 is 0 Å². The number of hydrogen-bond donors (Lipinski definition) is 1. The number of ether oxygens (including phenoxy) is 1. The highest BCUT2D eigenvalue weighted by atomic mass is 16.5. The monoisotopic (exact) mass is 270 g/mol. The second kappa shape index (κ2) is 6.06. The molecule has 0 aliphatic heterocycles. The summed E-state index contributed by atoms with van der Waals surface area (Å²) in [4.78, 5) is 4.42. The Kier molecular flexibility index (Phi) is 4.40. The van der Waals surface area contributed by atoms with Crippen LogP contribution in [0.1, 0.15) is 42.1 Å². The minimum absolute atomic E-state index is 0.422. The number of nitrogens with two attached hydrogens (primary N) is 1. The van der Waals surface area contributed by atoms with Crippen molar-refractivity contribution in [3.8, 4) is 11.6 Å². The molecule has 2 rings (SSSR count). The van der Waals surface area contributed by atoms with Gasteiger partial charge in [-0.3, -0.25) is 0 Å². The van der Waals surface area contributed by atoms with Crippen molar-refractivity contribution in [3.63, 3.8) is 0 Å². The lowest BCUT2D eigenvalue weighted by Crippen LogP contribution is -2.02. The maximum atomic E-state index is 5.91. The third kappa shape index (κ3) is 3.17. The van der Waals surface area contributed by atoms with Crippen molar-refractivity contribution < 1.29 is 4.74 Å². The number of benzene rings is 1. The van der Waals surface area contributed by atoms with Crippen LogP contribution in [-0.2, 0) is 6.54 Å². The summed E-state index contributed by atoms with van der Waals surface area (Å²) in [6, 6.07) is 10.1. The van der Waals surface area contributed by atoms with E-state index < -0.39 is 0 Å². The summed E-state index contributed by atoms with van der Waals surface area (Å²) in [5.41, 5.74) is 10.1. The molecule has 0 atom stereocenters. The van der Waals surface area contributed by atoms with Crippen molar-refractivity contribution in [2.24, 2.45) is 5.73 Å². The number of nitrogens with zero attached hydrogens (tertiary/aromatic N) is 1. The highest BCUT2D eigenvalue weighted by Gasteiger charge is 2.09. The topological polar surface area (TPSA) is 48.1 Å². The Morgan fingerprint density at radius 2 is 1.90 bits per heavy atom. The molecule has 0 aliphatic carbocycles. The number of hydrogen-bond acceptors (Lipinski definition) is 3. The van der Waals surface area contributed by atoms with E-state index in [1.54, 1.807) is 0 Å². The molecule has 0 saturated carbocycles. The summed E-state index contributed by atoms with van der Waals surface area (Å²) < 4.78 is 5.91. The smallest absolute Gasteiger partial charge is 0.223 e. The number of aryl methyl sites for hydroxylation is 2. The van der Waals surface area contributed by atoms with E-state index in [9.17, 15) is 0 Å². The first-order valence-corrected chi connectivity index (χ1v) is 6.96. The molecule has 3 heteroatoms. The average Bonchev–Trinajstić information content (AvgIpc) is 2.38. The third-order valence-corrected chi connectivity index (χ3v) is 3.38. The molecular weight excluding hydrogens is 248 g/mol. The third-order valence-electron chi connectivity index (χ3n) is 3.38. The van der Waals surface area contributed by atoms with Gasteiger partial charge in [0.05, 0.1) is 0 Å². The van der Waals surface area contributed by atoms with Gasteiger partial charge in [-0.15, -0.1) is 0 Å². The molecule has 2 N–H and O–H groups in total. The van der Waals surface area contributed by atoms with E-state index in [-0.39, 0.29) is 0 Å². The zero-order chi connectivity index (χ0) is 14.7. The predicted molar refractivity (Wildman–Crippen MR) is 82.2 cm³/mol. The molecule has 20 heavy (non-hydrogen) atoms. The fourth-order valence-corrected chi connectivity index (χ4v) is 2.28. The van der Waals surface area contributed by atoms with E-state index in [1.807, 2.05) is 25.1 Å². The first-order valence-electron chi connectivity index (χ1n) is 6.96. The van der Waals surface area contributed by atoms with Gasteiger partial charge in [-0.2, -0.15) is 0 Å². The second-order valence-electron chi connectivity index (χ2n) is 5.40. The van der Waals surface area contributed by atoms with Crippen LogP contribution in [0.4, 0.5) is 0 Å². The lowest BCUT2D eigenvalue weighted by Gasteiger charge is -2.13. The van der Waals surface area contributed by atoms with Crippen molar-refractivity contribution in [3.05, 3.63) is 52.7 Å². The molecule has 1 aromatic carbocycles. The summed E-state index contributed by atoms with van der Waals surface area (Å²) >= 11 is 0. The highest BCUT2D eigenvalue weighted by molar-refractivity contribution is 5.39. The quantitative estimate of drug-likeness (QED) is 0.911. The Bertz CT molecular complexity index is 606. The summed E-state index contributed by atoms with van der Waals surface area (Å²) in [7, 11) is 0. The number of aromatic nitrogens is 1. The Balaban J connectivity index is 2.31.